The third-order valence-electron chi connectivity index (χ3n) is 4.07. The van der Waals surface area contributed by atoms with Crippen LogP contribution in [0.5, 0.6) is 0 Å². The maximum atomic E-state index is 11.3. The number of carboxylic acid groups (broad SMARTS) is 1. The summed E-state index contributed by atoms with van der Waals surface area (Å²) in [5.74, 6) is -1.60. The van der Waals surface area contributed by atoms with Gasteiger partial charge in [0.05, 0.1) is 11.5 Å². The van der Waals surface area contributed by atoms with Crippen LogP contribution in [-0.4, -0.2) is 21.8 Å². The van der Waals surface area contributed by atoms with Gasteiger partial charge in [-0.3, -0.25) is 4.79 Å². The molecule has 2 atom stereocenters. The van der Waals surface area contributed by atoms with E-state index in [0.717, 1.165) is 32.1 Å². The summed E-state index contributed by atoms with van der Waals surface area (Å²) in [5, 5.41) is 19.6. The molecule has 0 radical (unpaired) electrons. The number of aliphatic hydroxyl groups is 1. The fourth-order valence-electron chi connectivity index (χ4n) is 2.24. The van der Waals surface area contributed by atoms with Crippen LogP contribution >= 0.6 is 0 Å². The summed E-state index contributed by atoms with van der Waals surface area (Å²) < 4.78 is 0. The molecule has 19 heavy (non-hydrogen) atoms. The smallest absolute Gasteiger partial charge is 0.309 e. The van der Waals surface area contributed by atoms with Crippen LogP contribution in [-0.2, 0) is 4.79 Å². The van der Waals surface area contributed by atoms with E-state index in [2.05, 4.69) is 6.58 Å². The molecule has 0 aromatic carbocycles. The van der Waals surface area contributed by atoms with Gasteiger partial charge in [0.2, 0.25) is 0 Å². The molecule has 2 N–H and O–H groups in total. The van der Waals surface area contributed by atoms with Crippen LogP contribution < -0.4 is 0 Å². The topological polar surface area (TPSA) is 57.5 Å². The molecule has 0 aliphatic rings. The quantitative estimate of drug-likeness (QED) is 0.440. The molecule has 0 spiro atoms. The second-order valence-electron chi connectivity index (χ2n) is 5.91. The highest BCUT2D eigenvalue weighted by molar-refractivity contribution is 5.71. The molecule has 0 amide bonds. The highest BCUT2D eigenvalue weighted by Gasteiger charge is 2.39. The zero-order valence-electron chi connectivity index (χ0n) is 12.7. The van der Waals surface area contributed by atoms with Crippen LogP contribution in [0.2, 0.25) is 0 Å². The van der Waals surface area contributed by atoms with Crippen molar-refractivity contribution in [3.63, 3.8) is 0 Å². The van der Waals surface area contributed by atoms with E-state index in [0.29, 0.717) is 6.42 Å². The molecule has 0 aromatic rings. The molecule has 0 saturated carbocycles. The van der Waals surface area contributed by atoms with Gasteiger partial charge in [-0.15, -0.1) is 6.58 Å². The lowest BCUT2D eigenvalue weighted by Crippen LogP contribution is -2.44. The van der Waals surface area contributed by atoms with Crippen molar-refractivity contribution in [2.24, 2.45) is 11.8 Å². The van der Waals surface area contributed by atoms with Crippen LogP contribution in [0.4, 0.5) is 0 Å². The third-order valence-corrected chi connectivity index (χ3v) is 4.07. The second-order valence-corrected chi connectivity index (χ2v) is 5.91. The Morgan fingerprint density at radius 1 is 1.21 bits per heavy atom. The molecule has 2 unspecified atom stereocenters. The molecule has 112 valence electrons. The van der Waals surface area contributed by atoms with Gasteiger partial charge in [0.1, 0.15) is 0 Å². The molecule has 3 nitrogen and oxygen atoms in total. The Balaban J connectivity index is 4.04. The summed E-state index contributed by atoms with van der Waals surface area (Å²) in [5.41, 5.74) is -1.13. The van der Waals surface area contributed by atoms with Gasteiger partial charge >= 0.3 is 5.97 Å². The minimum atomic E-state index is -1.13. The average Bonchev–Trinajstić information content (AvgIpc) is 2.31. The normalized spacial score (nSPS) is 16.1. The van der Waals surface area contributed by atoms with Crippen molar-refractivity contribution in [1.29, 1.82) is 0 Å². The zero-order chi connectivity index (χ0) is 14.9. The first-order chi connectivity index (χ1) is 8.84. The molecule has 0 bridgehead atoms. The van der Waals surface area contributed by atoms with Gasteiger partial charge in [-0.1, -0.05) is 45.6 Å². The van der Waals surface area contributed by atoms with E-state index in [-0.39, 0.29) is 5.92 Å². The summed E-state index contributed by atoms with van der Waals surface area (Å²) >= 11 is 0. The Morgan fingerprint density at radius 3 is 2.21 bits per heavy atom. The molecule has 0 saturated heterocycles. The molecule has 0 heterocycles. The third kappa shape index (κ3) is 6.76. The van der Waals surface area contributed by atoms with Gasteiger partial charge in [0.15, 0.2) is 0 Å². The van der Waals surface area contributed by atoms with Crippen molar-refractivity contribution in [3.05, 3.63) is 12.7 Å². The van der Waals surface area contributed by atoms with E-state index in [1.165, 1.54) is 6.42 Å². The summed E-state index contributed by atoms with van der Waals surface area (Å²) in [6.07, 6.45) is 8.91. The Labute approximate surface area is 117 Å². The van der Waals surface area contributed by atoms with Gasteiger partial charge < -0.3 is 10.2 Å². The maximum absolute atomic E-state index is 11.3. The summed E-state index contributed by atoms with van der Waals surface area (Å²) in [6, 6.07) is 0. The van der Waals surface area contributed by atoms with E-state index in [1.807, 2.05) is 19.9 Å². The van der Waals surface area contributed by atoms with Crippen LogP contribution in [0.3, 0.4) is 0 Å². The van der Waals surface area contributed by atoms with Crippen LogP contribution in [0.25, 0.3) is 0 Å². The van der Waals surface area contributed by atoms with Crippen molar-refractivity contribution >= 4 is 5.97 Å². The second kappa shape index (κ2) is 9.13. The first-order valence-corrected chi connectivity index (χ1v) is 7.40. The summed E-state index contributed by atoms with van der Waals surface area (Å²) in [7, 11) is 0. The van der Waals surface area contributed by atoms with E-state index in [9.17, 15) is 15.0 Å². The first kappa shape index (κ1) is 18.2. The summed E-state index contributed by atoms with van der Waals surface area (Å²) in [6.45, 7) is 9.06. The van der Waals surface area contributed by atoms with Gasteiger partial charge in [-0.25, -0.2) is 0 Å². The molecular weight excluding hydrogens is 240 g/mol. The lowest BCUT2D eigenvalue weighted by atomic mass is 9.77. The molecule has 0 aromatic heterocycles. The molecule has 3 heteroatoms. The lowest BCUT2D eigenvalue weighted by molar-refractivity contribution is -0.155. The molecule has 0 aliphatic heterocycles. The van der Waals surface area contributed by atoms with Crippen molar-refractivity contribution in [2.45, 2.75) is 71.3 Å². The Bertz CT molecular complexity index is 269. The van der Waals surface area contributed by atoms with E-state index >= 15 is 0 Å². The number of allylic oxidation sites excluding steroid dienone is 1. The standard InChI is InChI=1S/C16H30O3/c1-5-6-7-8-9-10-11-12-14(15(17)18)16(4,19)13(2)3/h5,13-14,19H,1,6-12H2,2-4H3,(H,17,18). The van der Waals surface area contributed by atoms with Crippen molar-refractivity contribution in [3.8, 4) is 0 Å². The van der Waals surface area contributed by atoms with E-state index in [4.69, 9.17) is 0 Å². The number of rotatable bonds is 11. The fraction of sp³-hybridized carbons (Fsp3) is 0.812. The molecule has 0 fully saturated rings. The lowest BCUT2D eigenvalue weighted by Gasteiger charge is -2.33. The van der Waals surface area contributed by atoms with E-state index in [1.54, 1.807) is 6.92 Å². The molecule has 0 rings (SSSR count). The number of aliphatic carboxylic acids is 1. The maximum Gasteiger partial charge on any atom is 0.309 e. The van der Waals surface area contributed by atoms with Crippen molar-refractivity contribution in [1.82, 2.24) is 0 Å². The van der Waals surface area contributed by atoms with Gasteiger partial charge in [-0.2, -0.15) is 0 Å². The Morgan fingerprint density at radius 2 is 1.74 bits per heavy atom. The summed E-state index contributed by atoms with van der Waals surface area (Å²) in [4.78, 5) is 11.3. The van der Waals surface area contributed by atoms with Crippen LogP contribution in [0.1, 0.15) is 65.7 Å². The van der Waals surface area contributed by atoms with Gasteiger partial charge in [0, 0.05) is 0 Å². The minimum absolute atomic E-state index is 0.0545. The monoisotopic (exact) mass is 270 g/mol. The highest BCUT2D eigenvalue weighted by Crippen LogP contribution is 2.30. The SMILES string of the molecule is C=CCCCCCCCC(C(=O)O)C(C)(O)C(C)C. The number of hydrogen-bond donors (Lipinski definition) is 2. The molecule has 0 aliphatic carbocycles. The fourth-order valence-corrected chi connectivity index (χ4v) is 2.24. The average molecular weight is 270 g/mol. The number of unbranched alkanes of at least 4 members (excludes halogenated alkanes) is 5. The van der Waals surface area contributed by atoms with Crippen molar-refractivity contribution in [2.75, 3.05) is 0 Å². The predicted octanol–water partition coefficient (Wildman–Crippen LogP) is 4.01. The first-order valence-electron chi connectivity index (χ1n) is 7.40. The zero-order valence-corrected chi connectivity index (χ0v) is 12.7. The minimum Gasteiger partial charge on any atom is -0.481 e. The van der Waals surface area contributed by atoms with Crippen LogP contribution in [0.15, 0.2) is 12.7 Å². The van der Waals surface area contributed by atoms with Crippen LogP contribution in [0, 0.1) is 11.8 Å². The molecular formula is C16H30O3. The highest BCUT2D eigenvalue weighted by atomic mass is 16.4. The van der Waals surface area contributed by atoms with Gasteiger partial charge in [0.25, 0.3) is 0 Å². The Hall–Kier alpha value is -0.830. The Kier molecular flexibility index (Phi) is 8.73. The van der Waals surface area contributed by atoms with Gasteiger partial charge in [-0.05, 0) is 32.1 Å². The van der Waals surface area contributed by atoms with Crippen molar-refractivity contribution < 1.29 is 15.0 Å². The largest absolute Gasteiger partial charge is 0.481 e. The van der Waals surface area contributed by atoms with E-state index < -0.39 is 17.5 Å². The number of carbonyl (C=O) groups is 1. The number of hydrogen-bond acceptors (Lipinski definition) is 2. The predicted molar refractivity (Wildman–Crippen MR) is 79.1 cm³/mol. The number of carboxylic acids is 1.